The van der Waals surface area contributed by atoms with Crippen LogP contribution < -0.4 is 10.6 Å². The molecule has 0 atom stereocenters. The van der Waals surface area contributed by atoms with Crippen molar-refractivity contribution < 1.29 is 19.1 Å². The van der Waals surface area contributed by atoms with Crippen LogP contribution in [-0.2, 0) is 9.59 Å². The van der Waals surface area contributed by atoms with Gasteiger partial charge in [0.15, 0.2) is 0 Å². The molecule has 0 bridgehead atoms. The summed E-state index contributed by atoms with van der Waals surface area (Å²) in [6.45, 7) is 5.52. The van der Waals surface area contributed by atoms with Gasteiger partial charge in [-0.2, -0.15) is 0 Å². The maximum absolute atomic E-state index is 13.4. The quantitative estimate of drug-likeness (QED) is 0.674. The first-order valence-corrected chi connectivity index (χ1v) is 7.89. The Morgan fingerprint density at radius 1 is 1.17 bits per heavy atom. The minimum Gasteiger partial charge on any atom is -0.388 e. The van der Waals surface area contributed by atoms with Gasteiger partial charge in [-0.05, 0) is 37.5 Å². The van der Waals surface area contributed by atoms with Crippen LogP contribution in [-0.4, -0.2) is 29.1 Å². The molecule has 1 aromatic carbocycles. The van der Waals surface area contributed by atoms with Gasteiger partial charge in [-0.3, -0.25) is 9.59 Å². The Bertz CT molecular complexity index is 555. The molecule has 23 heavy (non-hydrogen) atoms. The number of aryl methyl sites for hydroxylation is 1. The average molecular weight is 324 g/mol. The Morgan fingerprint density at radius 3 is 2.30 bits per heavy atom. The third-order valence-corrected chi connectivity index (χ3v) is 3.64. The summed E-state index contributed by atoms with van der Waals surface area (Å²) in [5.74, 6) is -2.19. The van der Waals surface area contributed by atoms with Crippen molar-refractivity contribution in [3.05, 3.63) is 29.6 Å². The first-order chi connectivity index (χ1) is 10.8. The van der Waals surface area contributed by atoms with Gasteiger partial charge in [-0.1, -0.05) is 32.8 Å². The van der Waals surface area contributed by atoms with Crippen LogP contribution in [0.5, 0.6) is 0 Å². The zero-order valence-electron chi connectivity index (χ0n) is 13.9. The number of hydrogen-bond acceptors (Lipinski definition) is 3. The normalized spacial score (nSPS) is 11.2. The number of nitrogens with one attached hydrogen (secondary N) is 2. The van der Waals surface area contributed by atoms with Crippen LogP contribution in [0.15, 0.2) is 18.2 Å². The molecule has 0 aromatic heterocycles. The van der Waals surface area contributed by atoms with E-state index < -0.39 is 23.2 Å². The summed E-state index contributed by atoms with van der Waals surface area (Å²) in [6, 6.07) is 4.20. The van der Waals surface area contributed by atoms with Crippen molar-refractivity contribution in [3.63, 3.8) is 0 Å². The second kappa shape index (κ2) is 8.62. The fourth-order valence-electron chi connectivity index (χ4n) is 2.42. The molecule has 0 aliphatic carbocycles. The molecule has 5 nitrogen and oxygen atoms in total. The lowest BCUT2D eigenvalue weighted by atomic mass is 9.92. The minimum absolute atomic E-state index is 0.0171. The molecule has 0 saturated heterocycles. The Morgan fingerprint density at radius 2 is 1.78 bits per heavy atom. The molecule has 1 aromatic rings. The molecule has 0 unspecified atom stereocenters. The summed E-state index contributed by atoms with van der Waals surface area (Å²) < 4.78 is 13.4. The molecule has 0 heterocycles. The zero-order chi connectivity index (χ0) is 17.5. The number of rotatable bonds is 7. The van der Waals surface area contributed by atoms with Crippen molar-refractivity contribution in [3.8, 4) is 0 Å². The molecule has 1 rings (SSSR count). The molecule has 0 aliphatic heterocycles. The standard InChI is InChI=1S/C17H25FN2O3/c1-4-8-17(23,9-5-2)11-19-15(21)16(22)20-13-7-6-12(3)14(18)10-13/h6-7,10,23H,4-5,8-9,11H2,1-3H3,(H,19,21)(H,20,22). The van der Waals surface area contributed by atoms with Crippen LogP contribution in [0.1, 0.15) is 45.1 Å². The molecule has 0 saturated carbocycles. The van der Waals surface area contributed by atoms with Gasteiger partial charge in [0, 0.05) is 12.2 Å². The van der Waals surface area contributed by atoms with Gasteiger partial charge in [0.1, 0.15) is 5.82 Å². The highest BCUT2D eigenvalue weighted by atomic mass is 19.1. The molecular formula is C17H25FN2O3. The van der Waals surface area contributed by atoms with E-state index >= 15 is 0 Å². The van der Waals surface area contributed by atoms with Gasteiger partial charge in [0.2, 0.25) is 0 Å². The Labute approximate surface area is 136 Å². The monoisotopic (exact) mass is 324 g/mol. The first kappa shape index (κ1) is 19.1. The number of aliphatic hydroxyl groups is 1. The highest BCUT2D eigenvalue weighted by Crippen LogP contribution is 2.18. The summed E-state index contributed by atoms with van der Waals surface area (Å²) >= 11 is 0. The van der Waals surface area contributed by atoms with Crippen LogP contribution in [0.2, 0.25) is 0 Å². The maximum atomic E-state index is 13.4. The van der Waals surface area contributed by atoms with Crippen LogP contribution >= 0.6 is 0 Å². The number of benzene rings is 1. The summed E-state index contributed by atoms with van der Waals surface area (Å²) in [7, 11) is 0. The smallest absolute Gasteiger partial charge is 0.313 e. The van der Waals surface area contributed by atoms with E-state index in [0.29, 0.717) is 18.4 Å². The van der Waals surface area contributed by atoms with E-state index in [1.165, 1.54) is 12.1 Å². The lowest BCUT2D eigenvalue weighted by Crippen LogP contribution is -2.46. The van der Waals surface area contributed by atoms with E-state index in [9.17, 15) is 19.1 Å². The largest absolute Gasteiger partial charge is 0.388 e. The van der Waals surface area contributed by atoms with Crippen LogP contribution in [0.3, 0.4) is 0 Å². The lowest BCUT2D eigenvalue weighted by Gasteiger charge is -2.27. The predicted octanol–water partition coefficient (Wildman–Crippen LogP) is 2.52. The summed E-state index contributed by atoms with van der Waals surface area (Å²) in [5, 5.41) is 15.2. The fourth-order valence-corrected chi connectivity index (χ4v) is 2.42. The second-order valence-corrected chi connectivity index (χ2v) is 5.83. The number of halogens is 1. The Hall–Kier alpha value is -1.95. The molecule has 0 spiro atoms. The van der Waals surface area contributed by atoms with E-state index in [0.717, 1.165) is 18.9 Å². The first-order valence-electron chi connectivity index (χ1n) is 7.89. The zero-order valence-corrected chi connectivity index (χ0v) is 13.9. The Balaban J connectivity index is 2.59. The van der Waals surface area contributed by atoms with Crippen molar-refractivity contribution in [1.82, 2.24) is 5.32 Å². The van der Waals surface area contributed by atoms with Crippen LogP contribution in [0, 0.1) is 12.7 Å². The van der Waals surface area contributed by atoms with Gasteiger partial charge in [0.05, 0.1) is 5.60 Å². The fraction of sp³-hybridized carbons (Fsp3) is 0.529. The van der Waals surface area contributed by atoms with Crippen molar-refractivity contribution in [2.24, 2.45) is 0 Å². The molecule has 0 aliphatic rings. The third-order valence-electron chi connectivity index (χ3n) is 3.64. The topological polar surface area (TPSA) is 78.4 Å². The summed E-state index contributed by atoms with van der Waals surface area (Å²) in [4.78, 5) is 23.6. The van der Waals surface area contributed by atoms with Crippen LogP contribution in [0.4, 0.5) is 10.1 Å². The summed E-state index contributed by atoms with van der Waals surface area (Å²) in [6.07, 6.45) is 2.65. The van der Waals surface area contributed by atoms with E-state index in [-0.39, 0.29) is 12.2 Å². The Kier molecular flexibility index (Phi) is 7.16. The number of anilines is 1. The van der Waals surface area contributed by atoms with Gasteiger partial charge in [0.25, 0.3) is 0 Å². The highest BCUT2D eigenvalue weighted by Gasteiger charge is 2.26. The van der Waals surface area contributed by atoms with E-state index in [1.54, 1.807) is 6.92 Å². The van der Waals surface area contributed by atoms with Crippen LogP contribution in [0.25, 0.3) is 0 Å². The lowest BCUT2D eigenvalue weighted by molar-refractivity contribution is -0.137. The van der Waals surface area contributed by atoms with Gasteiger partial charge in [-0.25, -0.2) is 4.39 Å². The van der Waals surface area contributed by atoms with Gasteiger partial charge >= 0.3 is 11.8 Å². The average Bonchev–Trinajstić information content (AvgIpc) is 2.49. The van der Waals surface area contributed by atoms with Crippen molar-refractivity contribution in [2.75, 3.05) is 11.9 Å². The van der Waals surface area contributed by atoms with Crippen molar-refractivity contribution in [1.29, 1.82) is 0 Å². The number of carbonyl (C=O) groups excluding carboxylic acids is 2. The predicted molar refractivity (Wildman–Crippen MR) is 87.5 cm³/mol. The van der Waals surface area contributed by atoms with Gasteiger partial charge in [-0.15, -0.1) is 0 Å². The molecule has 3 N–H and O–H groups in total. The molecule has 0 fully saturated rings. The molecule has 0 radical (unpaired) electrons. The second-order valence-electron chi connectivity index (χ2n) is 5.83. The molecule has 2 amide bonds. The maximum Gasteiger partial charge on any atom is 0.313 e. The van der Waals surface area contributed by atoms with Crippen molar-refractivity contribution in [2.45, 2.75) is 52.1 Å². The highest BCUT2D eigenvalue weighted by molar-refractivity contribution is 6.39. The minimum atomic E-state index is -1.00. The van der Waals surface area contributed by atoms with E-state index in [4.69, 9.17) is 0 Å². The SMILES string of the molecule is CCCC(O)(CCC)CNC(=O)C(=O)Nc1ccc(C)c(F)c1. The number of hydrogen-bond donors (Lipinski definition) is 3. The third kappa shape index (κ3) is 5.98. The number of amides is 2. The van der Waals surface area contributed by atoms with E-state index in [1.807, 2.05) is 13.8 Å². The summed E-state index contributed by atoms with van der Waals surface area (Å²) in [5.41, 5.74) is -0.336. The number of carbonyl (C=O) groups is 2. The molecular weight excluding hydrogens is 299 g/mol. The molecule has 128 valence electrons. The van der Waals surface area contributed by atoms with Crippen molar-refractivity contribution >= 4 is 17.5 Å². The molecule has 6 heteroatoms. The van der Waals surface area contributed by atoms with Gasteiger partial charge < -0.3 is 15.7 Å². The van der Waals surface area contributed by atoms with E-state index in [2.05, 4.69) is 10.6 Å².